The maximum absolute atomic E-state index is 15.1. The van der Waals surface area contributed by atoms with Crippen LogP contribution in [0.4, 0.5) is 15.8 Å². The molecule has 1 saturated heterocycles. The van der Waals surface area contributed by atoms with Crippen LogP contribution in [0.1, 0.15) is 26.2 Å². The molecular weight excluding hydrogens is 575 g/mol. The molecule has 1 unspecified atom stereocenters. The van der Waals surface area contributed by atoms with Crippen LogP contribution in [0, 0.1) is 16.6 Å². The van der Waals surface area contributed by atoms with Gasteiger partial charge in [-0.1, -0.05) is 19.1 Å². The van der Waals surface area contributed by atoms with E-state index in [2.05, 4.69) is 26.7 Å². The molecule has 10 nitrogen and oxygen atoms in total. The van der Waals surface area contributed by atoms with Gasteiger partial charge in [0.2, 0.25) is 0 Å². The Kier molecular flexibility index (Phi) is 9.37. The van der Waals surface area contributed by atoms with E-state index in [0.717, 1.165) is 38.0 Å². The lowest BCUT2D eigenvalue weighted by Gasteiger charge is -2.30. The number of piperidine rings is 1. The van der Waals surface area contributed by atoms with Crippen molar-refractivity contribution < 1.29 is 27.0 Å². The van der Waals surface area contributed by atoms with Crippen molar-refractivity contribution in [2.24, 2.45) is 11.1 Å². The van der Waals surface area contributed by atoms with Gasteiger partial charge in [-0.15, -0.1) is 4.91 Å². The minimum absolute atomic E-state index is 0.0524. The van der Waals surface area contributed by atoms with Gasteiger partial charge in [-0.2, -0.15) is 0 Å². The summed E-state index contributed by atoms with van der Waals surface area (Å²) in [5, 5.41) is 3.33. The second-order valence-electron chi connectivity index (χ2n) is 10.5. The van der Waals surface area contributed by atoms with Crippen LogP contribution in [0.15, 0.2) is 76.9 Å². The number of benzene rings is 3. The van der Waals surface area contributed by atoms with Crippen LogP contribution in [-0.2, 0) is 10.0 Å². The number of sulfonamides is 1. The zero-order valence-electron chi connectivity index (χ0n) is 24.0. The van der Waals surface area contributed by atoms with E-state index < -0.39 is 15.8 Å². The number of pyridine rings is 1. The first-order valence-electron chi connectivity index (χ1n) is 14.0. The standard InChI is InChI=1S/C31H33FN4O6S/c1-21-7-5-14-36(20-21)15-6-16-41-30-19-26-23(18-29(30)40-2)27(12-13-33-26)42-28-11-10-22(17-24(28)32)35-43(38,39)31-9-4-3-8-25(31)34-37/h3-4,8-13,17-19,21,35H,5-7,14-16,20H2,1-2H3. The van der Waals surface area contributed by atoms with Crippen molar-refractivity contribution in [1.82, 2.24) is 9.88 Å². The first-order valence-corrected chi connectivity index (χ1v) is 15.5. The summed E-state index contributed by atoms with van der Waals surface area (Å²) in [7, 11) is -2.64. The monoisotopic (exact) mass is 608 g/mol. The molecule has 1 fully saturated rings. The molecule has 2 heterocycles. The summed E-state index contributed by atoms with van der Waals surface area (Å²) in [4.78, 5) is 17.6. The smallest absolute Gasteiger partial charge is 0.264 e. The van der Waals surface area contributed by atoms with E-state index >= 15 is 4.39 Å². The third kappa shape index (κ3) is 7.20. The zero-order chi connectivity index (χ0) is 30.4. The highest BCUT2D eigenvalue weighted by molar-refractivity contribution is 7.92. The van der Waals surface area contributed by atoms with Crippen LogP contribution >= 0.6 is 0 Å². The molecule has 3 aromatic carbocycles. The zero-order valence-corrected chi connectivity index (χ0v) is 24.8. The molecule has 0 bridgehead atoms. The van der Waals surface area contributed by atoms with E-state index in [0.29, 0.717) is 34.8 Å². The molecule has 1 aromatic heterocycles. The number of nitroso groups, excluding NO2 is 1. The van der Waals surface area contributed by atoms with E-state index in [9.17, 15) is 13.3 Å². The van der Waals surface area contributed by atoms with Gasteiger partial charge in [0, 0.05) is 36.8 Å². The summed E-state index contributed by atoms with van der Waals surface area (Å²) in [6, 6.07) is 14.2. The van der Waals surface area contributed by atoms with Crippen LogP contribution in [0.3, 0.4) is 0 Å². The predicted molar refractivity (Wildman–Crippen MR) is 162 cm³/mol. The van der Waals surface area contributed by atoms with Crippen molar-refractivity contribution >= 4 is 32.3 Å². The van der Waals surface area contributed by atoms with Gasteiger partial charge in [0.05, 0.1) is 24.9 Å². The SMILES string of the molecule is COc1cc2c(Oc3ccc(NS(=O)(=O)c4ccccc4N=O)cc3F)ccnc2cc1OCCCN1CCCC(C)C1. The van der Waals surface area contributed by atoms with Gasteiger partial charge in [-0.05, 0) is 73.3 Å². The Morgan fingerprint density at radius 3 is 2.67 bits per heavy atom. The third-order valence-corrected chi connectivity index (χ3v) is 8.69. The van der Waals surface area contributed by atoms with Crippen molar-refractivity contribution in [3.63, 3.8) is 0 Å². The first-order chi connectivity index (χ1) is 20.8. The minimum Gasteiger partial charge on any atom is -0.493 e. The number of methoxy groups -OCH3 is 1. The summed E-state index contributed by atoms with van der Waals surface area (Å²) < 4.78 is 60.4. The Labute approximate surface area is 249 Å². The Morgan fingerprint density at radius 2 is 1.91 bits per heavy atom. The summed E-state index contributed by atoms with van der Waals surface area (Å²) in [5.74, 6) is 1.17. The maximum Gasteiger partial charge on any atom is 0.264 e. The minimum atomic E-state index is -4.19. The number of likely N-dealkylation sites (tertiary alicyclic amines) is 1. The summed E-state index contributed by atoms with van der Waals surface area (Å²) in [5.41, 5.74) is 0.268. The number of nitrogens with one attached hydrogen (secondary N) is 1. The van der Waals surface area contributed by atoms with Gasteiger partial charge in [0.1, 0.15) is 16.3 Å². The fourth-order valence-electron chi connectivity index (χ4n) is 5.19. The molecule has 0 saturated carbocycles. The van der Waals surface area contributed by atoms with Crippen molar-refractivity contribution in [2.45, 2.75) is 31.1 Å². The highest BCUT2D eigenvalue weighted by Crippen LogP contribution is 2.38. The normalized spacial score (nSPS) is 15.7. The molecule has 1 N–H and O–H groups in total. The Hall–Kier alpha value is -4.29. The molecular formula is C31H33FN4O6S. The van der Waals surface area contributed by atoms with E-state index in [-0.39, 0.29) is 22.0 Å². The Bertz CT molecular complexity index is 1720. The van der Waals surface area contributed by atoms with Crippen LogP contribution in [0.5, 0.6) is 23.0 Å². The molecule has 4 aromatic rings. The molecule has 0 aliphatic carbocycles. The van der Waals surface area contributed by atoms with E-state index in [1.807, 2.05) is 0 Å². The van der Waals surface area contributed by atoms with Gasteiger partial charge in [0.25, 0.3) is 10.0 Å². The number of hydrogen-bond donors (Lipinski definition) is 1. The molecule has 0 radical (unpaired) electrons. The first kappa shape index (κ1) is 30.2. The van der Waals surface area contributed by atoms with Crippen LogP contribution < -0.4 is 18.9 Å². The van der Waals surface area contributed by atoms with Crippen molar-refractivity contribution in [1.29, 1.82) is 0 Å². The fraction of sp³-hybridized carbons (Fsp3) is 0.323. The molecule has 1 atom stereocenters. The number of aromatic nitrogens is 1. The fourth-order valence-corrected chi connectivity index (χ4v) is 6.37. The van der Waals surface area contributed by atoms with Crippen molar-refractivity contribution in [2.75, 3.05) is 38.1 Å². The van der Waals surface area contributed by atoms with Gasteiger partial charge in [-0.25, -0.2) is 12.8 Å². The topological polar surface area (TPSA) is 119 Å². The average Bonchev–Trinajstić information content (AvgIpc) is 3.00. The second kappa shape index (κ2) is 13.3. The van der Waals surface area contributed by atoms with Gasteiger partial charge in [-0.3, -0.25) is 9.71 Å². The molecule has 5 rings (SSSR count). The number of hydrogen-bond acceptors (Lipinski definition) is 9. The van der Waals surface area contributed by atoms with Gasteiger partial charge in [0.15, 0.2) is 23.1 Å². The summed E-state index contributed by atoms with van der Waals surface area (Å²) >= 11 is 0. The molecule has 0 amide bonds. The molecule has 0 spiro atoms. The second-order valence-corrected chi connectivity index (χ2v) is 12.1. The number of nitrogens with zero attached hydrogens (tertiary/aromatic N) is 3. The molecule has 226 valence electrons. The largest absolute Gasteiger partial charge is 0.493 e. The molecule has 1 aliphatic heterocycles. The van der Waals surface area contributed by atoms with Crippen molar-refractivity contribution in [3.05, 3.63) is 77.6 Å². The summed E-state index contributed by atoms with van der Waals surface area (Å²) in [6.45, 7) is 6.05. The lowest BCUT2D eigenvalue weighted by molar-refractivity contribution is 0.169. The number of halogens is 1. The van der Waals surface area contributed by atoms with E-state index in [1.165, 1.54) is 49.2 Å². The van der Waals surface area contributed by atoms with Gasteiger partial charge < -0.3 is 19.1 Å². The number of anilines is 1. The predicted octanol–water partition coefficient (Wildman–Crippen LogP) is 6.87. The Morgan fingerprint density at radius 1 is 1.07 bits per heavy atom. The highest BCUT2D eigenvalue weighted by atomic mass is 32.2. The lowest BCUT2D eigenvalue weighted by atomic mass is 10.0. The molecule has 1 aliphatic rings. The third-order valence-electron chi connectivity index (χ3n) is 7.26. The van der Waals surface area contributed by atoms with Gasteiger partial charge >= 0.3 is 0 Å². The molecule has 12 heteroatoms. The van der Waals surface area contributed by atoms with Crippen LogP contribution in [-0.4, -0.2) is 51.7 Å². The maximum atomic E-state index is 15.1. The Balaban J connectivity index is 1.29. The van der Waals surface area contributed by atoms with E-state index in [1.54, 1.807) is 31.5 Å². The van der Waals surface area contributed by atoms with Crippen molar-refractivity contribution in [3.8, 4) is 23.0 Å². The van der Waals surface area contributed by atoms with Crippen LogP contribution in [0.25, 0.3) is 10.9 Å². The highest BCUT2D eigenvalue weighted by Gasteiger charge is 2.21. The number of rotatable bonds is 12. The lowest BCUT2D eigenvalue weighted by Crippen LogP contribution is -2.35. The quantitative estimate of drug-likeness (QED) is 0.137. The van der Waals surface area contributed by atoms with E-state index in [4.69, 9.17) is 14.2 Å². The average molecular weight is 609 g/mol. The summed E-state index contributed by atoms with van der Waals surface area (Å²) in [6.07, 6.45) is 4.95. The number of fused-ring (bicyclic) bond motifs is 1. The number of ether oxygens (including phenoxy) is 3. The van der Waals surface area contributed by atoms with Crippen LogP contribution in [0.2, 0.25) is 0 Å². The molecule has 43 heavy (non-hydrogen) atoms.